The lowest BCUT2D eigenvalue weighted by Gasteiger charge is -2.18. The van der Waals surface area contributed by atoms with Crippen LogP contribution in [0.2, 0.25) is 0 Å². The second-order valence-electron chi connectivity index (χ2n) is 4.65. The number of nitrogens with zero attached hydrogens (tertiary/aromatic N) is 1. The number of thioether (sulfide) groups is 1. The average Bonchev–Trinajstić information content (AvgIpc) is 2.46. The van der Waals surface area contributed by atoms with E-state index in [9.17, 15) is 0 Å². The summed E-state index contributed by atoms with van der Waals surface area (Å²) in [5.74, 6) is 1.00. The van der Waals surface area contributed by atoms with E-state index in [0.29, 0.717) is 0 Å². The van der Waals surface area contributed by atoms with Gasteiger partial charge in [-0.05, 0) is 43.4 Å². The quantitative estimate of drug-likeness (QED) is 0.568. The van der Waals surface area contributed by atoms with Crippen LogP contribution in [0.15, 0.2) is 48.5 Å². The highest BCUT2D eigenvalue weighted by molar-refractivity contribution is 8.03. The molecule has 0 heterocycles. The Morgan fingerprint density at radius 3 is 1.70 bits per heavy atom. The zero-order valence-electron chi connectivity index (χ0n) is 12.2. The van der Waals surface area contributed by atoms with E-state index in [-0.39, 0.29) is 0 Å². The molecule has 1 nitrogen and oxygen atoms in total. The summed E-state index contributed by atoms with van der Waals surface area (Å²) in [6.07, 6.45) is 0. The molecule has 0 radical (unpaired) electrons. The number of benzene rings is 2. The second kappa shape index (κ2) is 7.07. The largest absolute Gasteiger partial charge is 0.269 e. The van der Waals surface area contributed by atoms with Crippen LogP contribution in [-0.4, -0.2) is 5.75 Å². The Hall–Kier alpha value is -1.85. The van der Waals surface area contributed by atoms with Crippen molar-refractivity contribution in [2.75, 3.05) is 10.7 Å². The molecule has 0 fully saturated rings. The number of hydrogen-bond acceptors (Lipinski definition) is 2. The topological polar surface area (TPSA) is 3.24 Å². The summed E-state index contributed by atoms with van der Waals surface area (Å²) < 4.78 is 0. The van der Waals surface area contributed by atoms with Crippen molar-refractivity contribution >= 4 is 23.1 Å². The fourth-order valence-electron chi connectivity index (χ4n) is 1.82. The molecular formula is C18H19NS. The highest BCUT2D eigenvalue weighted by Gasteiger charge is 2.06. The molecule has 0 aliphatic carbocycles. The Morgan fingerprint density at radius 1 is 0.850 bits per heavy atom. The number of anilines is 2. The van der Waals surface area contributed by atoms with Crippen LogP contribution in [0.5, 0.6) is 0 Å². The lowest BCUT2D eigenvalue weighted by Crippen LogP contribution is -2.08. The predicted octanol–water partition coefficient (Wildman–Crippen LogP) is 5.11. The minimum absolute atomic E-state index is 1.00. The SMILES string of the molecule is CCSC#CN(c1ccc(C)cc1)c1ccc(C)cc1. The highest BCUT2D eigenvalue weighted by Crippen LogP contribution is 2.25. The first kappa shape index (κ1) is 14.6. The molecule has 0 amide bonds. The van der Waals surface area contributed by atoms with Gasteiger partial charge in [0.05, 0.1) is 11.4 Å². The van der Waals surface area contributed by atoms with Crippen molar-refractivity contribution < 1.29 is 0 Å². The Balaban J connectivity index is 2.37. The van der Waals surface area contributed by atoms with Gasteiger partial charge in [-0.3, -0.25) is 4.90 Å². The third-order valence-electron chi connectivity index (χ3n) is 2.96. The van der Waals surface area contributed by atoms with E-state index < -0.39 is 0 Å². The van der Waals surface area contributed by atoms with Crippen LogP contribution in [0.4, 0.5) is 11.4 Å². The fraction of sp³-hybridized carbons (Fsp3) is 0.222. The number of hydrogen-bond donors (Lipinski definition) is 0. The summed E-state index contributed by atoms with van der Waals surface area (Å²) >= 11 is 1.63. The molecule has 0 spiro atoms. The van der Waals surface area contributed by atoms with Gasteiger partial charge in [-0.25, -0.2) is 0 Å². The summed E-state index contributed by atoms with van der Waals surface area (Å²) in [7, 11) is 0. The van der Waals surface area contributed by atoms with Crippen molar-refractivity contribution in [3.63, 3.8) is 0 Å². The Bertz CT molecular complexity index is 557. The number of rotatable bonds is 3. The molecule has 102 valence electrons. The van der Waals surface area contributed by atoms with Gasteiger partial charge in [0.25, 0.3) is 0 Å². The summed E-state index contributed by atoms with van der Waals surface area (Å²) in [6.45, 7) is 6.30. The van der Waals surface area contributed by atoms with Crippen LogP contribution in [0, 0.1) is 25.1 Å². The molecule has 0 saturated heterocycles. The molecule has 0 unspecified atom stereocenters. The van der Waals surface area contributed by atoms with E-state index in [1.54, 1.807) is 11.8 Å². The minimum atomic E-state index is 1.00. The average molecular weight is 281 g/mol. The maximum Gasteiger partial charge on any atom is 0.0546 e. The first-order valence-electron chi connectivity index (χ1n) is 6.76. The molecule has 20 heavy (non-hydrogen) atoms. The van der Waals surface area contributed by atoms with Gasteiger partial charge in [0, 0.05) is 11.8 Å². The van der Waals surface area contributed by atoms with Gasteiger partial charge in [0.1, 0.15) is 0 Å². The Kier molecular flexibility index (Phi) is 5.15. The molecule has 0 saturated carbocycles. The molecule has 0 bridgehead atoms. The third kappa shape index (κ3) is 3.82. The van der Waals surface area contributed by atoms with Crippen LogP contribution in [0.3, 0.4) is 0 Å². The molecule has 0 aliphatic rings. The van der Waals surface area contributed by atoms with Crippen LogP contribution in [-0.2, 0) is 0 Å². The fourth-order valence-corrected chi connectivity index (χ4v) is 2.12. The zero-order valence-corrected chi connectivity index (χ0v) is 13.0. The van der Waals surface area contributed by atoms with Gasteiger partial charge in [-0.1, -0.05) is 54.1 Å². The van der Waals surface area contributed by atoms with E-state index in [0.717, 1.165) is 17.1 Å². The normalized spacial score (nSPS) is 9.75. The summed E-state index contributed by atoms with van der Waals surface area (Å²) in [6, 6.07) is 20.1. The Labute approximate surface area is 126 Å². The lowest BCUT2D eigenvalue weighted by molar-refractivity contribution is 1.31. The standard InChI is InChI=1S/C18H19NS/c1-4-20-14-13-19(17-9-5-15(2)6-10-17)18-11-7-16(3)8-12-18/h5-12H,4H2,1-3H3. The van der Waals surface area contributed by atoms with Gasteiger partial charge in [-0.15, -0.1) is 0 Å². The molecule has 2 aromatic rings. The molecule has 0 aliphatic heterocycles. The summed E-state index contributed by atoms with van der Waals surface area (Å²) in [5, 5.41) is 3.15. The van der Waals surface area contributed by atoms with Crippen molar-refractivity contribution in [3.05, 3.63) is 59.7 Å². The van der Waals surface area contributed by atoms with Crippen molar-refractivity contribution in [1.82, 2.24) is 0 Å². The number of aryl methyl sites for hydroxylation is 2. The van der Waals surface area contributed by atoms with E-state index >= 15 is 0 Å². The smallest absolute Gasteiger partial charge is 0.0546 e. The highest BCUT2D eigenvalue weighted by atomic mass is 32.2. The van der Waals surface area contributed by atoms with Gasteiger partial charge < -0.3 is 0 Å². The minimum Gasteiger partial charge on any atom is -0.269 e. The first-order valence-corrected chi connectivity index (χ1v) is 7.75. The summed E-state index contributed by atoms with van der Waals surface area (Å²) in [5.41, 5.74) is 4.72. The maximum atomic E-state index is 3.24. The predicted molar refractivity (Wildman–Crippen MR) is 90.4 cm³/mol. The lowest BCUT2D eigenvalue weighted by atomic mass is 10.2. The third-order valence-corrected chi connectivity index (χ3v) is 3.48. The Morgan fingerprint density at radius 2 is 1.30 bits per heavy atom. The van der Waals surface area contributed by atoms with Crippen LogP contribution in [0.25, 0.3) is 0 Å². The molecule has 2 rings (SSSR count). The van der Waals surface area contributed by atoms with Crippen molar-refractivity contribution in [1.29, 1.82) is 0 Å². The van der Waals surface area contributed by atoms with Gasteiger partial charge >= 0.3 is 0 Å². The molecular weight excluding hydrogens is 262 g/mol. The van der Waals surface area contributed by atoms with E-state index in [4.69, 9.17) is 0 Å². The maximum absolute atomic E-state index is 3.24. The second-order valence-corrected chi connectivity index (χ2v) is 5.72. The van der Waals surface area contributed by atoms with Gasteiger partial charge in [-0.2, -0.15) is 0 Å². The monoisotopic (exact) mass is 281 g/mol. The van der Waals surface area contributed by atoms with Crippen molar-refractivity contribution in [2.24, 2.45) is 0 Å². The van der Waals surface area contributed by atoms with E-state index in [1.165, 1.54) is 11.1 Å². The first-order chi connectivity index (χ1) is 9.70. The van der Waals surface area contributed by atoms with Crippen LogP contribution in [0.1, 0.15) is 18.1 Å². The van der Waals surface area contributed by atoms with E-state index in [2.05, 4.69) is 80.6 Å². The molecule has 0 aromatic heterocycles. The van der Waals surface area contributed by atoms with Gasteiger partial charge in [0.2, 0.25) is 0 Å². The van der Waals surface area contributed by atoms with Crippen molar-refractivity contribution in [2.45, 2.75) is 20.8 Å². The molecule has 0 N–H and O–H groups in total. The van der Waals surface area contributed by atoms with Crippen LogP contribution >= 0.6 is 11.8 Å². The van der Waals surface area contributed by atoms with Crippen LogP contribution < -0.4 is 4.90 Å². The molecule has 2 heteroatoms. The molecule has 0 atom stereocenters. The summed E-state index contributed by atoms with van der Waals surface area (Å²) in [4.78, 5) is 2.04. The van der Waals surface area contributed by atoms with Gasteiger partial charge in [0.15, 0.2) is 0 Å². The molecule has 2 aromatic carbocycles. The van der Waals surface area contributed by atoms with E-state index in [1.807, 2.05) is 4.90 Å². The zero-order chi connectivity index (χ0) is 14.4. The van der Waals surface area contributed by atoms with Crippen molar-refractivity contribution in [3.8, 4) is 11.3 Å².